The number of pyridine rings is 1. The quantitative estimate of drug-likeness (QED) is 0.378. The van der Waals surface area contributed by atoms with E-state index in [2.05, 4.69) is 38.3 Å². The summed E-state index contributed by atoms with van der Waals surface area (Å²) in [5, 5.41) is 2.99. The first kappa shape index (κ1) is 28.5. The van der Waals surface area contributed by atoms with Gasteiger partial charge in [0.25, 0.3) is 0 Å². The van der Waals surface area contributed by atoms with Gasteiger partial charge >= 0.3 is 12.1 Å². The van der Waals surface area contributed by atoms with Crippen LogP contribution in [0.25, 0.3) is 11.1 Å². The Balaban J connectivity index is 1.41. The molecule has 1 N–H and O–H groups in total. The molecule has 1 saturated heterocycles. The molecule has 10 heteroatoms. The molecule has 1 amide bonds. The number of carbonyl (C=O) groups is 2. The Labute approximate surface area is 240 Å². The van der Waals surface area contributed by atoms with Crippen LogP contribution >= 0.6 is 0 Å². The van der Waals surface area contributed by atoms with Crippen molar-refractivity contribution in [3.63, 3.8) is 0 Å². The van der Waals surface area contributed by atoms with E-state index in [-0.39, 0.29) is 19.1 Å². The number of anilines is 1. The van der Waals surface area contributed by atoms with Gasteiger partial charge in [-0.1, -0.05) is 6.07 Å². The van der Waals surface area contributed by atoms with Crippen molar-refractivity contribution in [3.05, 3.63) is 65.4 Å². The lowest BCUT2D eigenvalue weighted by Crippen LogP contribution is -2.35. The molecule has 0 radical (unpaired) electrons. The molecule has 0 spiro atoms. The minimum atomic E-state index is -1.19. The minimum Gasteiger partial charge on any atom is -0.474 e. The van der Waals surface area contributed by atoms with Crippen molar-refractivity contribution in [2.24, 2.45) is 0 Å². The average molecular weight is 560 g/mol. The van der Waals surface area contributed by atoms with Gasteiger partial charge < -0.3 is 19.1 Å². The van der Waals surface area contributed by atoms with Crippen molar-refractivity contribution in [1.29, 1.82) is 0 Å². The molecule has 0 bridgehead atoms. The summed E-state index contributed by atoms with van der Waals surface area (Å²) < 4.78 is 17.1. The zero-order valence-electron chi connectivity index (χ0n) is 23.9. The number of benzene rings is 1. The first-order valence-electron chi connectivity index (χ1n) is 14.3. The van der Waals surface area contributed by atoms with E-state index < -0.39 is 18.2 Å². The Morgan fingerprint density at radius 1 is 1.10 bits per heavy atom. The van der Waals surface area contributed by atoms with Gasteiger partial charge in [-0.3, -0.25) is 5.32 Å². The van der Waals surface area contributed by atoms with Crippen molar-refractivity contribution >= 4 is 17.7 Å². The molecule has 1 aromatic carbocycles. The molecule has 2 aromatic heterocycles. The topological polar surface area (TPSA) is 116 Å². The number of fused-ring (bicyclic) bond motifs is 1. The van der Waals surface area contributed by atoms with Crippen molar-refractivity contribution in [3.8, 4) is 17.0 Å². The highest BCUT2D eigenvalue weighted by atomic mass is 16.6. The van der Waals surface area contributed by atoms with Crippen molar-refractivity contribution in [1.82, 2.24) is 19.9 Å². The third kappa shape index (κ3) is 7.00. The number of nitrogens with one attached hydrogen (secondary N) is 1. The summed E-state index contributed by atoms with van der Waals surface area (Å²) in [7, 11) is 2.12. The fourth-order valence-electron chi connectivity index (χ4n) is 5.58. The SMILES string of the molecule is CCOC(=O)C(Cc1ncccn1)OC(=O)Nc1c2c(cc(C)c1-c1ccnc(OC3CCN(C)CC3)c1)CCC2. The molecular weight excluding hydrogens is 522 g/mol. The number of carbonyl (C=O) groups excluding carboxylic acids is 2. The maximum atomic E-state index is 13.3. The monoisotopic (exact) mass is 559 g/mol. The van der Waals surface area contributed by atoms with Crippen LogP contribution in [0.1, 0.15) is 48.7 Å². The molecular formula is C31H37N5O5. The maximum absolute atomic E-state index is 13.3. The lowest BCUT2D eigenvalue weighted by molar-refractivity contribution is -0.152. The minimum absolute atomic E-state index is 0.00782. The van der Waals surface area contributed by atoms with Gasteiger partial charge in [0, 0.05) is 43.3 Å². The molecule has 1 aliphatic heterocycles. The Morgan fingerprint density at radius 2 is 1.88 bits per heavy atom. The Bertz CT molecular complexity index is 1370. The van der Waals surface area contributed by atoms with Crippen LogP contribution in [0.2, 0.25) is 0 Å². The van der Waals surface area contributed by atoms with Gasteiger partial charge in [0.2, 0.25) is 12.0 Å². The molecule has 1 unspecified atom stereocenters. The summed E-state index contributed by atoms with van der Waals surface area (Å²) in [4.78, 5) is 41.1. The van der Waals surface area contributed by atoms with Crippen LogP contribution in [0.4, 0.5) is 10.5 Å². The third-order valence-corrected chi connectivity index (χ3v) is 7.59. The second-order valence-electron chi connectivity index (χ2n) is 10.6. The highest BCUT2D eigenvalue weighted by Gasteiger charge is 2.29. The summed E-state index contributed by atoms with van der Waals surface area (Å²) >= 11 is 0. The number of hydrogen-bond donors (Lipinski definition) is 1. The zero-order valence-corrected chi connectivity index (χ0v) is 23.9. The number of nitrogens with zero attached hydrogens (tertiary/aromatic N) is 4. The normalized spacial score (nSPS) is 16.1. The zero-order chi connectivity index (χ0) is 28.8. The largest absolute Gasteiger partial charge is 0.474 e. The maximum Gasteiger partial charge on any atom is 0.412 e. The van der Waals surface area contributed by atoms with E-state index in [4.69, 9.17) is 14.2 Å². The average Bonchev–Trinajstić information content (AvgIpc) is 3.43. The van der Waals surface area contributed by atoms with Crippen LogP contribution < -0.4 is 10.1 Å². The van der Waals surface area contributed by atoms with Gasteiger partial charge in [0.05, 0.1) is 18.7 Å². The highest BCUT2D eigenvalue weighted by molar-refractivity contribution is 5.96. The van der Waals surface area contributed by atoms with E-state index in [0.717, 1.165) is 67.4 Å². The number of rotatable bonds is 9. The van der Waals surface area contributed by atoms with E-state index in [1.807, 2.05) is 19.1 Å². The number of ether oxygens (including phenoxy) is 3. The molecule has 41 heavy (non-hydrogen) atoms. The predicted octanol–water partition coefficient (Wildman–Crippen LogP) is 4.53. The fraction of sp³-hybridized carbons (Fsp3) is 0.452. The lowest BCUT2D eigenvalue weighted by atomic mass is 9.93. The molecule has 3 aromatic rings. The van der Waals surface area contributed by atoms with Gasteiger partial charge in [-0.25, -0.2) is 24.5 Å². The number of piperidine rings is 1. The van der Waals surface area contributed by atoms with E-state index in [9.17, 15) is 9.59 Å². The highest BCUT2D eigenvalue weighted by Crippen LogP contribution is 2.41. The van der Waals surface area contributed by atoms with E-state index in [1.165, 1.54) is 5.56 Å². The number of likely N-dealkylation sites (tertiary alicyclic amines) is 1. The lowest BCUT2D eigenvalue weighted by Gasteiger charge is -2.29. The number of aryl methyl sites for hydroxylation is 2. The standard InChI is InChI=1S/C31H37N5O5/c1-4-39-30(37)25(19-26-32-12-6-13-33-26)41-31(38)35-29-24-8-5-7-21(24)17-20(2)28(29)22-9-14-34-27(18-22)40-23-10-15-36(3)16-11-23/h6,9,12-14,17-18,23,25H,4-5,7-8,10-11,15-16,19H2,1-3H3,(H,35,38). The number of esters is 1. The Morgan fingerprint density at radius 3 is 2.63 bits per heavy atom. The van der Waals surface area contributed by atoms with Crippen molar-refractivity contribution in [2.75, 3.05) is 32.1 Å². The molecule has 2 aliphatic rings. The van der Waals surface area contributed by atoms with Crippen molar-refractivity contribution in [2.45, 2.75) is 64.6 Å². The number of hydrogen-bond acceptors (Lipinski definition) is 9. The van der Waals surface area contributed by atoms with Gasteiger partial charge in [0.1, 0.15) is 11.9 Å². The van der Waals surface area contributed by atoms with E-state index in [0.29, 0.717) is 17.4 Å². The number of amides is 1. The predicted molar refractivity (Wildman–Crippen MR) is 154 cm³/mol. The molecule has 5 rings (SSSR count). The van der Waals surface area contributed by atoms with Crippen LogP contribution in [-0.2, 0) is 33.5 Å². The van der Waals surface area contributed by atoms with Crippen LogP contribution in [-0.4, -0.2) is 70.9 Å². The molecule has 216 valence electrons. The van der Waals surface area contributed by atoms with E-state index in [1.54, 1.807) is 31.6 Å². The molecule has 1 fully saturated rings. The molecule has 3 heterocycles. The van der Waals surface area contributed by atoms with Gasteiger partial charge in [0.15, 0.2) is 0 Å². The second kappa shape index (κ2) is 13.1. The molecule has 0 saturated carbocycles. The molecule has 1 atom stereocenters. The van der Waals surface area contributed by atoms with Crippen LogP contribution in [0.15, 0.2) is 42.9 Å². The summed E-state index contributed by atoms with van der Waals surface area (Å²) in [6, 6.07) is 7.74. The Kier molecular flexibility index (Phi) is 9.08. The summed E-state index contributed by atoms with van der Waals surface area (Å²) in [6.45, 7) is 5.89. The van der Waals surface area contributed by atoms with Gasteiger partial charge in [-0.15, -0.1) is 0 Å². The summed E-state index contributed by atoms with van der Waals surface area (Å²) in [6.07, 6.45) is 7.78. The van der Waals surface area contributed by atoms with Gasteiger partial charge in [-0.05, 0) is 87.4 Å². The molecule has 1 aliphatic carbocycles. The van der Waals surface area contributed by atoms with E-state index >= 15 is 0 Å². The third-order valence-electron chi connectivity index (χ3n) is 7.59. The number of aromatic nitrogens is 3. The smallest absolute Gasteiger partial charge is 0.412 e. The van der Waals surface area contributed by atoms with Crippen LogP contribution in [0.5, 0.6) is 5.88 Å². The summed E-state index contributed by atoms with van der Waals surface area (Å²) in [5.41, 5.74) is 5.78. The van der Waals surface area contributed by atoms with Crippen LogP contribution in [0.3, 0.4) is 0 Å². The summed E-state index contributed by atoms with van der Waals surface area (Å²) in [5.74, 6) is 0.301. The molecule has 10 nitrogen and oxygen atoms in total. The second-order valence-corrected chi connectivity index (χ2v) is 10.6. The van der Waals surface area contributed by atoms with Gasteiger partial charge in [-0.2, -0.15) is 0 Å². The Hall–Kier alpha value is -4.05. The van der Waals surface area contributed by atoms with Crippen molar-refractivity contribution < 1.29 is 23.8 Å². The van der Waals surface area contributed by atoms with Crippen LogP contribution in [0, 0.1) is 6.92 Å². The first-order chi connectivity index (χ1) is 19.9. The first-order valence-corrected chi connectivity index (χ1v) is 14.3. The fourth-order valence-corrected chi connectivity index (χ4v) is 5.58.